The third-order valence-electron chi connectivity index (χ3n) is 6.90. The van der Waals surface area contributed by atoms with Gasteiger partial charge in [-0.2, -0.15) is 0 Å². The van der Waals surface area contributed by atoms with Crippen molar-refractivity contribution in [2.24, 2.45) is 0 Å². The fourth-order valence-corrected chi connectivity index (χ4v) is 5.13. The lowest BCUT2D eigenvalue weighted by Gasteiger charge is -2.47. The molecule has 0 bridgehead atoms. The number of hydrogen-bond acceptors (Lipinski definition) is 7. The molecule has 0 spiro atoms. The molecule has 9 nitrogen and oxygen atoms in total. The SMILES string of the molecule is CC(C)(C)[Si](C)(C)Oc1ccc(C2(C3CNCCN3CCO)C(=O)NC(=O)NC2=O)cc1. The number of nitrogens with zero attached hydrogens (tertiary/aromatic N) is 1. The maximum absolute atomic E-state index is 13.3. The molecule has 3 rings (SSSR count). The monoisotopic (exact) mass is 462 g/mol. The predicted molar refractivity (Wildman–Crippen MR) is 123 cm³/mol. The van der Waals surface area contributed by atoms with E-state index in [1.807, 2.05) is 4.90 Å². The van der Waals surface area contributed by atoms with Crippen LogP contribution in [0.2, 0.25) is 18.1 Å². The van der Waals surface area contributed by atoms with Gasteiger partial charge < -0.3 is 14.8 Å². The molecule has 0 aromatic heterocycles. The third kappa shape index (κ3) is 4.32. The van der Waals surface area contributed by atoms with Gasteiger partial charge >= 0.3 is 6.03 Å². The third-order valence-corrected chi connectivity index (χ3v) is 11.3. The molecule has 32 heavy (non-hydrogen) atoms. The number of piperazine rings is 1. The van der Waals surface area contributed by atoms with Crippen LogP contribution in [0.4, 0.5) is 4.79 Å². The number of carbonyl (C=O) groups excluding carboxylic acids is 3. The zero-order valence-corrected chi connectivity index (χ0v) is 20.4. The molecular formula is C22H34N4O5Si. The molecule has 2 aliphatic rings. The Balaban J connectivity index is 2.04. The van der Waals surface area contributed by atoms with Gasteiger partial charge in [-0.15, -0.1) is 0 Å². The maximum Gasteiger partial charge on any atom is 0.328 e. The van der Waals surface area contributed by atoms with Gasteiger partial charge in [-0.3, -0.25) is 25.1 Å². The van der Waals surface area contributed by atoms with Crippen LogP contribution in [0.3, 0.4) is 0 Å². The maximum atomic E-state index is 13.3. The number of aliphatic hydroxyl groups excluding tert-OH is 1. The summed E-state index contributed by atoms with van der Waals surface area (Å²) < 4.78 is 6.35. The van der Waals surface area contributed by atoms with Gasteiger partial charge in [-0.25, -0.2) is 4.79 Å². The highest BCUT2D eigenvalue weighted by atomic mass is 28.4. The molecule has 0 radical (unpaired) electrons. The summed E-state index contributed by atoms with van der Waals surface area (Å²) >= 11 is 0. The lowest BCUT2D eigenvalue weighted by molar-refractivity contribution is -0.143. The van der Waals surface area contributed by atoms with E-state index in [9.17, 15) is 19.5 Å². The van der Waals surface area contributed by atoms with Crippen LogP contribution in [0.25, 0.3) is 0 Å². The van der Waals surface area contributed by atoms with Crippen LogP contribution in [0.15, 0.2) is 24.3 Å². The van der Waals surface area contributed by atoms with E-state index in [1.165, 1.54) is 0 Å². The first-order chi connectivity index (χ1) is 14.9. The minimum absolute atomic E-state index is 0.0228. The normalized spacial score (nSPS) is 22.3. The Morgan fingerprint density at radius 3 is 2.25 bits per heavy atom. The molecule has 2 fully saturated rings. The summed E-state index contributed by atoms with van der Waals surface area (Å²) in [6, 6.07) is 5.60. The molecule has 10 heteroatoms. The number of imide groups is 2. The fraction of sp³-hybridized carbons (Fsp3) is 0.591. The summed E-state index contributed by atoms with van der Waals surface area (Å²) in [5, 5.41) is 17.4. The highest BCUT2D eigenvalue weighted by molar-refractivity contribution is 6.74. The Morgan fingerprint density at radius 1 is 1.12 bits per heavy atom. The summed E-state index contributed by atoms with van der Waals surface area (Å²) in [4.78, 5) is 40.4. The second kappa shape index (κ2) is 8.93. The van der Waals surface area contributed by atoms with E-state index in [0.29, 0.717) is 37.5 Å². The average Bonchev–Trinajstić information content (AvgIpc) is 2.69. The zero-order valence-electron chi connectivity index (χ0n) is 19.4. The van der Waals surface area contributed by atoms with Gasteiger partial charge in [0.2, 0.25) is 20.1 Å². The first kappa shape index (κ1) is 24.4. The summed E-state index contributed by atoms with van der Waals surface area (Å²) in [7, 11) is -2.06. The van der Waals surface area contributed by atoms with Crippen LogP contribution < -0.4 is 20.4 Å². The quantitative estimate of drug-likeness (QED) is 0.367. The summed E-state index contributed by atoms with van der Waals surface area (Å²) in [5.41, 5.74) is -1.18. The summed E-state index contributed by atoms with van der Waals surface area (Å²) in [6.45, 7) is 12.6. The number of benzene rings is 1. The van der Waals surface area contributed by atoms with Gasteiger partial charge in [0.05, 0.1) is 6.61 Å². The molecule has 2 saturated heterocycles. The summed E-state index contributed by atoms with van der Waals surface area (Å²) in [5.74, 6) is -0.654. The first-order valence-electron chi connectivity index (χ1n) is 11.0. The highest BCUT2D eigenvalue weighted by Crippen LogP contribution is 2.39. The molecule has 176 valence electrons. The topological polar surface area (TPSA) is 120 Å². The number of rotatable bonds is 6. The van der Waals surface area contributed by atoms with Gasteiger partial charge in [0.15, 0.2) is 5.41 Å². The molecule has 1 aromatic carbocycles. The predicted octanol–water partition coefficient (Wildman–Crippen LogP) is 0.941. The highest BCUT2D eigenvalue weighted by Gasteiger charge is 2.58. The molecule has 0 aliphatic carbocycles. The standard InChI is InChI=1S/C22H34N4O5Si/c1-21(2,3)32(4,5)31-16-8-6-15(7-9-16)22(18(28)24-20(30)25-19(22)29)17-14-23-10-11-26(17)12-13-27/h6-9,17,23,27H,10-14H2,1-5H3,(H2,24,25,28,29,30). The molecule has 2 aliphatic heterocycles. The van der Waals surface area contributed by atoms with E-state index in [2.05, 4.69) is 49.8 Å². The van der Waals surface area contributed by atoms with Crippen molar-refractivity contribution in [3.05, 3.63) is 29.8 Å². The van der Waals surface area contributed by atoms with Gasteiger partial charge in [-0.1, -0.05) is 32.9 Å². The van der Waals surface area contributed by atoms with E-state index in [1.54, 1.807) is 24.3 Å². The first-order valence-corrected chi connectivity index (χ1v) is 13.9. The van der Waals surface area contributed by atoms with E-state index in [4.69, 9.17) is 4.43 Å². The van der Waals surface area contributed by atoms with E-state index >= 15 is 0 Å². The van der Waals surface area contributed by atoms with Crippen molar-refractivity contribution < 1.29 is 23.9 Å². The Hall–Kier alpha value is -2.27. The molecule has 4 N–H and O–H groups in total. The van der Waals surface area contributed by atoms with Crippen molar-refractivity contribution in [2.75, 3.05) is 32.8 Å². The lowest BCUT2D eigenvalue weighted by Crippen LogP contribution is -2.74. The number of β-amino-alcohol motifs (C(OH)–C–C–N with tert-alkyl or cyclic N) is 1. The van der Waals surface area contributed by atoms with Crippen LogP contribution in [0.1, 0.15) is 26.3 Å². The Morgan fingerprint density at radius 2 is 1.72 bits per heavy atom. The van der Waals surface area contributed by atoms with E-state index in [0.717, 1.165) is 0 Å². The van der Waals surface area contributed by atoms with Gasteiger partial charge in [0, 0.05) is 32.2 Å². The molecule has 1 aromatic rings. The fourth-order valence-electron chi connectivity index (χ4n) is 4.10. The molecule has 0 saturated carbocycles. The molecular weight excluding hydrogens is 428 g/mol. The van der Waals surface area contributed by atoms with Gasteiger partial charge in [-0.05, 0) is 35.8 Å². The Kier molecular flexibility index (Phi) is 6.80. The molecule has 2 heterocycles. The second-order valence-corrected chi connectivity index (χ2v) is 14.6. The molecule has 4 amide bonds. The average molecular weight is 463 g/mol. The van der Waals surface area contributed by atoms with Gasteiger partial charge in [0.25, 0.3) is 0 Å². The lowest BCUT2D eigenvalue weighted by atomic mass is 9.70. The molecule has 1 atom stereocenters. The van der Waals surface area contributed by atoms with E-state index < -0.39 is 37.6 Å². The summed E-state index contributed by atoms with van der Waals surface area (Å²) in [6.07, 6.45) is 0. The van der Waals surface area contributed by atoms with Gasteiger partial charge in [0.1, 0.15) is 5.75 Å². The number of nitrogens with one attached hydrogen (secondary N) is 3. The second-order valence-electron chi connectivity index (χ2n) is 9.91. The Labute approximate surface area is 190 Å². The minimum Gasteiger partial charge on any atom is -0.544 e. The Bertz CT molecular complexity index is 859. The largest absolute Gasteiger partial charge is 0.544 e. The van der Waals surface area contributed by atoms with Crippen molar-refractivity contribution in [3.63, 3.8) is 0 Å². The van der Waals surface area contributed by atoms with Crippen molar-refractivity contribution >= 4 is 26.2 Å². The van der Waals surface area contributed by atoms with Crippen molar-refractivity contribution in [3.8, 4) is 5.75 Å². The smallest absolute Gasteiger partial charge is 0.328 e. The number of amides is 4. The number of urea groups is 1. The van der Waals surface area contributed by atoms with Crippen molar-refractivity contribution in [2.45, 2.75) is 50.4 Å². The van der Waals surface area contributed by atoms with Crippen LogP contribution >= 0.6 is 0 Å². The zero-order chi connectivity index (χ0) is 23.7. The van der Waals surface area contributed by atoms with Crippen LogP contribution in [-0.4, -0.2) is 75.0 Å². The van der Waals surface area contributed by atoms with Crippen LogP contribution in [0, 0.1) is 0 Å². The minimum atomic E-state index is -2.06. The van der Waals surface area contributed by atoms with Crippen molar-refractivity contribution in [1.82, 2.24) is 20.9 Å². The number of barbiturate groups is 1. The molecule has 1 unspecified atom stereocenters. The van der Waals surface area contributed by atoms with Crippen molar-refractivity contribution in [1.29, 1.82) is 0 Å². The number of hydrogen-bond donors (Lipinski definition) is 4. The number of carbonyl (C=O) groups is 3. The van der Waals surface area contributed by atoms with Crippen LogP contribution in [-0.2, 0) is 15.0 Å². The van der Waals surface area contributed by atoms with Crippen LogP contribution in [0.5, 0.6) is 5.75 Å². The van der Waals surface area contributed by atoms with E-state index in [-0.39, 0.29) is 11.6 Å². The number of aliphatic hydroxyl groups is 1.